The number of aliphatic carboxylic acids is 1. The molecule has 0 aromatic rings. The molecule has 0 heterocycles. The van der Waals surface area contributed by atoms with Crippen LogP contribution in [0.2, 0.25) is 0 Å². The molecule has 4 heteroatoms. The molecule has 0 amide bonds. The van der Waals surface area contributed by atoms with Crippen molar-refractivity contribution in [2.24, 2.45) is 0 Å². The van der Waals surface area contributed by atoms with Crippen LogP contribution in [0.4, 0.5) is 0 Å². The third-order valence-electron chi connectivity index (χ3n) is 1.40. The molecule has 0 saturated carbocycles. The zero-order chi connectivity index (χ0) is 9.23. The van der Waals surface area contributed by atoms with Crippen molar-refractivity contribution in [2.75, 3.05) is 18.5 Å². The topological polar surface area (TPSA) is 46.5 Å². The van der Waals surface area contributed by atoms with Crippen LogP contribution in [0.1, 0.15) is 25.7 Å². The first-order valence-electron chi connectivity index (χ1n) is 4.13. The van der Waals surface area contributed by atoms with Crippen LogP contribution >= 0.6 is 15.9 Å². The molecule has 0 rings (SSSR count). The second-order valence-electron chi connectivity index (χ2n) is 2.55. The Morgan fingerprint density at radius 3 is 2.50 bits per heavy atom. The van der Waals surface area contributed by atoms with Crippen LogP contribution in [0, 0.1) is 0 Å². The molecule has 0 radical (unpaired) electrons. The van der Waals surface area contributed by atoms with E-state index in [4.69, 9.17) is 9.84 Å². The maximum atomic E-state index is 10.0. The first-order chi connectivity index (χ1) is 5.77. The lowest BCUT2D eigenvalue weighted by atomic mass is 10.2. The van der Waals surface area contributed by atoms with Crippen molar-refractivity contribution >= 4 is 21.9 Å². The van der Waals surface area contributed by atoms with Gasteiger partial charge in [-0.15, -0.1) is 0 Å². The monoisotopic (exact) mass is 238 g/mol. The largest absolute Gasteiger partial charge is 0.480 e. The summed E-state index contributed by atoms with van der Waals surface area (Å²) in [5, 5.41) is 9.27. The van der Waals surface area contributed by atoms with E-state index in [1.54, 1.807) is 0 Å². The lowest BCUT2D eigenvalue weighted by Crippen LogP contribution is -2.07. The predicted octanol–water partition coefficient (Wildman–Crippen LogP) is 2.04. The number of carboxylic acid groups (broad SMARTS) is 1. The molecule has 0 fully saturated rings. The first kappa shape index (κ1) is 11.9. The van der Waals surface area contributed by atoms with Gasteiger partial charge in [-0.1, -0.05) is 28.8 Å². The molecule has 0 aromatic heterocycles. The fourth-order valence-electron chi connectivity index (χ4n) is 0.812. The standard InChI is InChI=1S/C8H15BrO3/c9-5-3-1-2-4-6-12-7-8(10)11/h1-7H2,(H,10,11). The minimum atomic E-state index is -0.893. The fourth-order valence-corrected chi connectivity index (χ4v) is 1.21. The average molecular weight is 239 g/mol. The number of ether oxygens (including phenoxy) is 1. The van der Waals surface area contributed by atoms with Crippen molar-refractivity contribution < 1.29 is 14.6 Å². The zero-order valence-corrected chi connectivity index (χ0v) is 8.68. The van der Waals surface area contributed by atoms with Gasteiger partial charge in [0.05, 0.1) is 0 Å². The number of rotatable bonds is 8. The van der Waals surface area contributed by atoms with E-state index >= 15 is 0 Å². The minimum absolute atomic E-state index is 0.168. The summed E-state index contributed by atoms with van der Waals surface area (Å²) in [5.41, 5.74) is 0. The third kappa shape index (κ3) is 9.91. The molecular weight excluding hydrogens is 224 g/mol. The molecule has 0 spiro atoms. The quantitative estimate of drug-likeness (QED) is 0.520. The molecule has 0 saturated heterocycles. The SMILES string of the molecule is O=C(O)COCCCCCCBr. The minimum Gasteiger partial charge on any atom is -0.480 e. The maximum Gasteiger partial charge on any atom is 0.329 e. The summed E-state index contributed by atoms with van der Waals surface area (Å²) in [6.07, 6.45) is 4.44. The second kappa shape index (κ2) is 9.00. The van der Waals surface area contributed by atoms with Gasteiger partial charge in [-0.25, -0.2) is 4.79 Å². The summed E-state index contributed by atoms with van der Waals surface area (Å²) >= 11 is 3.34. The normalized spacial score (nSPS) is 10.1. The van der Waals surface area contributed by atoms with E-state index in [0.717, 1.165) is 18.2 Å². The molecule has 3 nitrogen and oxygen atoms in total. The molecule has 1 N–H and O–H groups in total. The Bertz CT molecular complexity index is 117. The van der Waals surface area contributed by atoms with Gasteiger partial charge in [0.25, 0.3) is 0 Å². The van der Waals surface area contributed by atoms with Crippen LogP contribution in [0.25, 0.3) is 0 Å². The summed E-state index contributed by atoms with van der Waals surface area (Å²) < 4.78 is 4.86. The summed E-state index contributed by atoms with van der Waals surface area (Å²) in [4.78, 5) is 10.0. The first-order valence-corrected chi connectivity index (χ1v) is 5.25. The Kier molecular flexibility index (Phi) is 8.93. The Labute approximate surface area is 81.2 Å². The number of hydrogen-bond acceptors (Lipinski definition) is 2. The lowest BCUT2D eigenvalue weighted by molar-refractivity contribution is -0.142. The molecule has 0 aliphatic rings. The third-order valence-corrected chi connectivity index (χ3v) is 1.96. The predicted molar refractivity (Wildman–Crippen MR) is 50.7 cm³/mol. The van der Waals surface area contributed by atoms with E-state index in [0.29, 0.717) is 6.61 Å². The summed E-state index contributed by atoms with van der Waals surface area (Å²) in [6.45, 7) is 0.396. The lowest BCUT2D eigenvalue weighted by Gasteiger charge is -2.00. The Morgan fingerprint density at radius 1 is 1.25 bits per heavy atom. The van der Waals surface area contributed by atoms with Gasteiger partial charge < -0.3 is 9.84 Å². The summed E-state index contributed by atoms with van der Waals surface area (Å²) in [7, 11) is 0. The molecule has 12 heavy (non-hydrogen) atoms. The van der Waals surface area contributed by atoms with Gasteiger partial charge in [-0.2, -0.15) is 0 Å². The smallest absolute Gasteiger partial charge is 0.329 e. The van der Waals surface area contributed by atoms with Gasteiger partial charge in [0.1, 0.15) is 6.61 Å². The van der Waals surface area contributed by atoms with E-state index in [1.807, 2.05) is 0 Å². The molecule has 0 bridgehead atoms. The van der Waals surface area contributed by atoms with Gasteiger partial charge in [0, 0.05) is 11.9 Å². The van der Waals surface area contributed by atoms with Crippen molar-refractivity contribution in [2.45, 2.75) is 25.7 Å². The average Bonchev–Trinajstić information content (AvgIpc) is 2.02. The Balaban J connectivity index is 2.86. The number of halogens is 1. The van der Waals surface area contributed by atoms with Crippen LogP contribution < -0.4 is 0 Å². The number of hydrogen-bond donors (Lipinski definition) is 1. The molecule has 72 valence electrons. The van der Waals surface area contributed by atoms with E-state index in [2.05, 4.69) is 15.9 Å². The molecule has 0 aliphatic heterocycles. The van der Waals surface area contributed by atoms with Gasteiger partial charge >= 0.3 is 5.97 Å². The molecule has 0 atom stereocenters. The Hall–Kier alpha value is -0.0900. The van der Waals surface area contributed by atoms with Crippen LogP contribution in [-0.2, 0) is 9.53 Å². The van der Waals surface area contributed by atoms with Gasteiger partial charge in [-0.3, -0.25) is 0 Å². The molecule has 0 aromatic carbocycles. The highest BCUT2D eigenvalue weighted by Gasteiger charge is 1.95. The molecule has 0 aliphatic carbocycles. The fraction of sp³-hybridized carbons (Fsp3) is 0.875. The van der Waals surface area contributed by atoms with E-state index < -0.39 is 5.97 Å². The van der Waals surface area contributed by atoms with Crippen LogP contribution in [0.15, 0.2) is 0 Å². The zero-order valence-electron chi connectivity index (χ0n) is 7.09. The van der Waals surface area contributed by atoms with Gasteiger partial charge in [0.2, 0.25) is 0 Å². The highest BCUT2D eigenvalue weighted by molar-refractivity contribution is 9.09. The Morgan fingerprint density at radius 2 is 1.92 bits per heavy atom. The molecule has 0 unspecified atom stereocenters. The highest BCUT2D eigenvalue weighted by Crippen LogP contribution is 2.01. The van der Waals surface area contributed by atoms with Crippen molar-refractivity contribution in [1.29, 1.82) is 0 Å². The van der Waals surface area contributed by atoms with Crippen molar-refractivity contribution in [1.82, 2.24) is 0 Å². The van der Waals surface area contributed by atoms with Crippen LogP contribution in [-0.4, -0.2) is 29.6 Å². The van der Waals surface area contributed by atoms with Crippen molar-refractivity contribution in [3.05, 3.63) is 0 Å². The number of unbranched alkanes of at least 4 members (excludes halogenated alkanes) is 3. The summed E-state index contributed by atoms with van der Waals surface area (Å²) in [5.74, 6) is -0.893. The van der Waals surface area contributed by atoms with Crippen molar-refractivity contribution in [3.8, 4) is 0 Å². The van der Waals surface area contributed by atoms with E-state index in [9.17, 15) is 4.79 Å². The van der Waals surface area contributed by atoms with Gasteiger partial charge in [0.15, 0.2) is 0 Å². The summed E-state index contributed by atoms with van der Waals surface area (Å²) in [6, 6.07) is 0. The van der Waals surface area contributed by atoms with Crippen LogP contribution in [0.3, 0.4) is 0 Å². The van der Waals surface area contributed by atoms with Gasteiger partial charge in [-0.05, 0) is 12.8 Å². The van der Waals surface area contributed by atoms with Crippen LogP contribution in [0.5, 0.6) is 0 Å². The highest BCUT2D eigenvalue weighted by atomic mass is 79.9. The number of carbonyl (C=O) groups is 1. The maximum absolute atomic E-state index is 10.0. The van der Waals surface area contributed by atoms with Crippen molar-refractivity contribution in [3.63, 3.8) is 0 Å². The molecular formula is C8H15BrO3. The number of carboxylic acids is 1. The van der Waals surface area contributed by atoms with E-state index in [-0.39, 0.29) is 6.61 Å². The number of alkyl halides is 1. The van der Waals surface area contributed by atoms with E-state index in [1.165, 1.54) is 12.8 Å². The second-order valence-corrected chi connectivity index (χ2v) is 3.34.